The molecule has 3 rings (SSSR count). The quantitative estimate of drug-likeness (QED) is 0.907. The highest BCUT2D eigenvalue weighted by Crippen LogP contribution is 2.19. The summed E-state index contributed by atoms with van der Waals surface area (Å²) in [6.07, 6.45) is 2.94. The lowest BCUT2D eigenvalue weighted by molar-refractivity contribution is -0.136. The molecule has 1 fully saturated rings. The number of aromatic nitrogens is 1. The largest absolute Gasteiger partial charge is 0.484 e. The Morgan fingerprint density at radius 3 is 2.48 bits per heavy atom. The maximum absolute atomic E-state index is 12.3. The van der Waals surface area contributed by atoms with Crippen molar-refractivity contribution in [1.82, 2.24) is 9.88 Å². The Hall–Kier alpha value is -2.89. The lowest BCUT2D eigenvalue weighted by Gasteiger charge is -2.31. The van der Waals surface area contributed by atoms with Gasteiger partial charge in [0.2, 0.25) is 5.91 Å². The molecular formula is C19H21N3O3. The summed E-state index contributed by atoms with van der Waals surface area (Å²) in [7, 11) is 0. The lowest BCUT2D eigenvalue weighted by Crippen LogP contribution is -2.43. The van der Waals surface area contributed by atoms with Crippen molar-refractivity contribution in [2.45, 2.75) is 12.8 Å². The van der Waals surface area contributed by atoms with Gasteiger partial charge in [0.1, 0.15) is 11.6 Å². The Morgan fingerprint density at radius 1 is 1.08 bits per heavy atom. The third kappa shape index (κ3) is 4.79. The molecule has 1 aliphatic heterocycles. The number of likely N-dealkylation sites (tertiary alicyclic amines) is 1. The zero-order valence-electron chi connectivity index (χ0n) is 13.9. The zero-order chi connectivity index (χ0) is 17.5. The van der Waals surface area contributed by atoms with E-state index in [1.165, 1.54) is 0 Å². The van der Waals surface area contributed by atoms with Crippen molar-refractivity contribution in [2.75, 3.05) is 25.0 Å². The molecule has 1 aliphatic rings. The standard InChI is InChI=1S/C19H21N3O3/c23-18(14-25-16-6-2-1-3-7-16)22-12-9-15(10-13-22)19(24)21-17-8-4-5-11-20-17/h1-8,11,15H,9-10,12-14H2,(H,20,21,24). The fraction of sp³-hybridized carbons (Fsp3) is 0.316. The highest BCUT2D eigenvalue weighted by Gasteiger charge is 2.27. The number of benzene rings is 1. The number of hydrogen-bond acceptors (Lipinski definition) is 4. The number of hydrogen-bond donors (Lipinski definition) is 1. The Kier molecular flexibility index (Phi) is 5.61. The van der Waals surface area contributed by atoms with Gasteiger partial charge in [0, 0.05) is 25.2 Å². The first kappa shape index (κ1) is 17.0. The number of amides is 2. The average Bonchev–Trinajstić information content (AvgIpc) is 2.68. The summed E-state index contributed by atoms with van der Waals surface area (Å²) in [5, 5.41) is 2.82. The molecule has 0 bridgehead atoms. The van der Waals surface area contributed by atoms with E-state index in [1.807, 2.05) is 36.4 Å². The smallest absolute Gasteiger partial charge is 0.260 e. The van der Waals surface area contributed by atoms with Gasteiger partial charge in [0.15, 0.2) is 6.61 Å². The molecule has 0 aliphatic carbocycles. The molecule has 2 amide bonds. The molecule has 0 saturated carbocycles. The van der Waals surface area contributed by atoms with Gasteiger partial charge in [-0.2, -0.15) is 0 Å². The van der Waals surface area contributed by atoms with Crippen LogP contribution in [0.4, 0.5) is 5.82 Å². The van der Waals surface area contributed by atoms with Gasteiger partial charge in [-0.3, -0.25) is 9.59 Å². The Bertz CT molecular complexity index is 698. The van der Waals surface area contributed by atoms with E-state index in [0.717, 1.165) is 0 Å². The Balaban J connectivity index is 1.43. The maximum Gasteiger partial charge on any atom is 0.260 e. The van der Waals surface area contributed by atoms with Crippen molar-refractivity contribution in [3.8, 4) is 5.75 Å². The molecule has 2 heterocycles. The van der Waals surface area contributed by atoms with Gasteiger partial charge in [0.25, 0.3) is 5.91 Å². The number of para-hydroxylation sites is 1. The molecule has 0 spiro atoms. The summed E-state index contributed by atoms with van der Waals surface area (Å²) in [5.74, 6) is 1.06. The van der Waals surface area contributed by atoms with Crippen LogP contribution in [0.5, 0.6) is 5.75 Å². The van der Waals surface area contributed by atoms with Gasteiger partial charge in [-0.05, 0) is 37.1 Å². The summed E-state index contributed by atoms with van der Waals surface area (Å²) in [6.45, 7) is 1.16. The van der Waals surface area contributed by atoms with Crippen LogP contribution >= 0.6 is 0 Å². The number of nitrogens with zero attached hydrogens (tertiary/aromatic N) is 2. The van der Waals surface area contributed by atoms with Crippen LogP contribution in [-0.4, -0.2) is 41.4 Å². The second-order valence-electron chi connectivity index (χ2n) is 5.96. The van der Waals surface area contributed by atoms with E-state index in [-0.39, 0.29) is 24.3 Å². The molecule has 1 aromatic carbocycles. The second-order valence-corrected chi connectivity index (χ2v) is 5.96. The molecule has 0 atom stereocenters. The van der Waals surface area contributed by atoms with E-state index in [4.69, 9.17) is 4.74 Å². The van der Waals surface area contributed by atoms with E-state index in [9.17, 15) is 9.59 Å². The van der Waals surface area contributed by atoms with Crippen LogP contribution in [0, 0.1) is 5.92 Å². The van der Waals surface area contributed by atoms with Gasteiger partial charge >= 0.3 is 0 Å². The highest BCUT2D eigenvalue weighted by atomic mass is 16.5. The van der Waals surface area contributed by atoms with E-state index >= 15 is 0 Å². The number of piperidine rings is 1. The molecule has 1 saturated heterocycles. The third-order valence-corrected chi connectivity index (χ3v) is 4.24. The fourth-order valence-corrected chi connectivity index (χ4v) is 2.81. The second kappa shape index (κ2) is 8.28. The van der Waals surface area contributed by atoms with Crippen LogP contribution in [-0.2, 0) is 9.59 Å². The summed E-state index contributed by atoms with van der Waals surface area (Å²) in [5.41, 5.74) is 0. The van der Waals surface area contributed by atoms with Crippen LogP contribution in [0.25, 0.3) is 0 Å². The Morgan fingerprint density at radius 2 is 1.80 bits per heavy atom. The van der Waals surface area contributed by atoms with Gasteiger partial charge < -0.3 is 15.0 Å². The van der Waals surface area contributed by atoms with Crippen molar-refractivity contribution < 1.29 is 14.3 Å². The predicted molar refractivity (Wildman–Crippen MR) is 94.1 cm³/mol. The molecule has 2 aromatic rings. The van der Waals surface area contributed by atoms with Crippen molar-refractivity contribution in [3.05, 3.63) is 54.7 Å². The van der Waals surface area contributed by atoms with Crippen molar-refractivity contribution >= 4 is 17.6 Å². The number of carbonyl (C=O) groups excluding carboxylic acids is 2. The first-order chi connectivity index (χ1) is 12.2. The predicted octanol–water partition coefficient (Wildman–Crippen LogP) is 2.34. The number of carbonyl (C=O) groups is 2. The average molecular weight is 339 g/mol. The lowest BCUT2D eigenvalue weighted by atomic mass is 9.96. The highest BCUT2D eigenvalue weighted by molar-refractivity contribution is 5.91. The minimum absolute atomic E-state index is 0.0226. The van der Waals surface area contributed by atoms with Crippen molar-refractivity contribution in [1.29, 1.82) is 0 Å². The fourth-order valence-electron chi connectivity index (χ4n) is 2.81. The number of pyridine rings is 1. The van der Waals surface area contributed by atoms with Crippen LogP contribution in [0.3, 0.4) is 0 Å². The van der Waals surface area contributed by atoms with Crippen molar-refractivity contribution in [3.63, 3.8) is 0 Å². The summed E-state index contributed by atoms with van der Waals surface area (Å²) >= 11 is 0. The minimum atomic E-state index is -0.0962. The molecule has 0 unspecified atom stereocenters. The van der Waals surface area contributed by atoms with Gasteiger partial charge in [-0.25, -0.2) is 4.98 Å². The minimum Gasteiger partial charge on any atom is -0.484 e. The molecule has 1 N–H and O–H groups in total. The van der Waals surface area contributed by atoms with Gasteiger partial charge in [0.05, 0.1) is 0 Å². The first-order valence-corrected chi connectivity index (χ1v) is 8.40. The number of anilines is 1. The number of nitrogens with one attached hydrogen (secondary N) is 1. The number of ether oxygens (including phenoxy) is 1. The molecular weight excluding hydrogens is 318 g/mol. The summed E-state index contributed by atoms with van der Waals surface area (Å²) < 4.78 is 5.50. The van der Waals surface area contributed by atoms with Gasteiger partial charge in [-0.1, -0.05) is 24.3 Å². The topological polar surface area (TPSA) is 71.5 Å². The van der Waals surface area contributed by atoms with Gasteiger partial charge in [-0.15, -0.1) is 0 Å². The van der Waals surface area contributed by atoms with Crippen LogP contribution in [0.2, 0.25) is 0 Å². The molecule has 6 heteroatoms. The van der Waals surface area contributed by atoms with E-state index in [0.29, 0.717) is 37.5 Å². The SMILES string of the molecule is O=C(Nc1ccccn1)C1CCN(C(=O)COc2ccccc2)CC1. The van der Waals surface area contributed by atoms with Crippen LogP contribution in [0.1, 0.15) is 12.8 Å². The maximum atomic E-state index is 12.3. The molecule has 0 radical (unpaired) electrons. The van der Waals surface area contributed by atoms with Crippen molar-refractivity contribution in [2.24, 2.45) is 5.92 Å². The number of rotatable bonds is 5. The zero-order valence-corrected chi connectivity index (χ0v) is 13.9. The Labute approximate surface area is 146 Å². The van der Waals surface area contributed by atoms with E-state index in [2.05, 4.69) is 10.3 Å². The normalized spacial score (nSPS) is 14.8. The molecule has 1 aromatic heterocycles. The molecule has 6 nitrogen and oxygen atoms in total. The van der Waals surface area contributed by atoms with E-state index < -0.39 is 0 Å². The molecule has 25 heavy (non-hydrogen) atoms. The monoisotopic (exact) mass is 339 g/mol. The van der Waals surface area contributed by atoms with E-state index in [1.54, 1.807) is 23.2 Å². The third-order valence-electron chi connectivity index (χ3n) is 4.24. The summed E-state index contributed by atoms with van der Waals surface area (Å²) in [6, 6.07) is 14.7. The molecule has 130 valence electrons. The summed E-state index contributed by atoms with van der Waals surface area (Å²) in [4.78, 5) is 30.4. The van der Waals surface area contributed by atoms with Crippen LogP contribution < -0.4 is 10.1 Å². The van der Waals surface area contributed by atoms with Crippen LogP contribution in [0.15, 0.2) is 54.7 Å². The first-order valence-electron chi connectivity index (χ1n) is 8.40.